The van der Waals surface area contributed by atoms with E-state index in [1.54, 1.807) is 37.4 Å². The zero-order valence-electron chi connectivity index (χ0n) is 81.6. The van der Waals surface area contributed by atoms with Crippen molar-refractivity contribution in [2.45, 2.75) is 48.5 Å². The Bertz CT molecular complexity index is 6430. The fourth-order valence-electron chi connectivity index (χ4n) is 16.4. The molecule has 0 atom stereocenters. The quantitative estimate of drug-likeness (QED) is 0.0941. The normalized spacial score (nSPS) is 10.5. The lowest BCUT2D eigenvalue weighted by Gasteiger charge is -2.06. The van der Waals surface area contributed by atoms with Gasteiger partial charge < -0.3 is 0 Å². The van der Waals surface area contributed by atoms with Crippen LogP contribution >= 0.6 is 0 Å². The lowest BCUT2D eigenvalue weighted by atomic mass is 10.0. The number of benzene rings is 7. The van der Waals surface area contributed by atoms with E-state index in [0.717, 1.165) is 67.5 Å². The summed E-state index contributed by atoms with van der Waals surface area (Å²) >= 11 is 0. The molecule has 140 heavy (non-hydrogen) atoms. The van der Waals surface area contributed by atoms with Gasteiger partial charge in [-0.25, -0.2) is 76.8 Å². The Morgan fingerprint density at radius 3 is 0.786 bits per heavy atom. The van der Waals surface area contributed by atoms with Crippen molar-refractivity contribution < 1.29 is 32.0 Å². The van der Waals surface area contributed by atoms with Crippen LogP contribution in [0, 0.1) is 48.5 Å². The molecule has 0 unspecified atom stereocenters. The summed E-state index contributed by atoms with van der Waals surface area (Å²) in [4.78, 5) is 50.1. The Hall–Kier alpha value is -17.7. The van der Waals surface area contributed by atoms with Crippen LogP contribution in [-0.4, -0.2) is 59.8 Å². The molecule has 0 aliphatic carbocycles. The molecule has 686 valence electrons. The van der Waals surface area contributed by atoms with Crippen LogP contribution in [0.5, 0.6) is 0 Å². The van der Waals surface area contributed by atoms with Crippen molar-refractivity contribution in [3.8, 4) is 157 Å². The molecule has 0 spiro atoms. The minimum absolute atomic E-state index is 0.690. The highest BCUT2D eigenvalue weighted by Gasteiger charge is 2.23. The third kappa shape index (κ3) is 24.9. The van der Waals surface area contributed by atoms with E-state index in [-0.39, 0.29) is 0 Å². The molecule has 0 N–H and O–H groups in total. The zero-order chi connectivity index (χ0) is 97.6. The van der Waals surface area contributed by atoms with Gasteiger partial charge in [0.1, 0.15) is 74.6 Å². The van der Waals surface area contributed by atoms with Gasteiger partial charge in [0.2, 0.25) is 39.9 Å². The second-order valence-electron chi connectivity index (χ2n) is 34.0. The Kier molecular flexibility index (Phi) is 32.8. The zero-order valence-corrected chi connectivity index (χ0v) is 81.6. The molecule has 0 saturated heterocycles. The van der Waals surface area contributed by atoms with Crippen LogP contribution in [0.15, 0.2) is 440 Å². The molecule has 21 rings (SSSR count). The lowest BCUT2D eigenvalue weighted by molar-refractivity contribution is -0.660. The molecule has 19 nitrogen and oxygen atoms in total. The van der Waals surface area contributed by atoms with Crippen molar-refractivity contribution in [3.05, 3.63) is 479 Å². The first-order valence-electron chi connectivity index (χ1n) is 46.3. The van der Waals surface area contributed by atoms with Crippen molar-refractivity contribution >= 4 is 0 Å². The molecule has 0 bridgehead atoms. The Morgan fingerprint density at radius 1 is 0.164 bits per heavy atom. The van der Waals surface area contributed by atoms with E-state index in [1.807, 2.05) is 117 Å². The molecular formula is C121H114N19+7. The van der Waals surface area contributed by atoms with E-state index in [9.17, 15) is 0 Å². The number of aryl methyl sites for hydroxylation is 14. The summed E-state index contributed by atoms with van der Waals surface area (Å²) < 4.78 is 15.0. The fourth-order valence-corrected chi connectivity index (χ4v) is 16.4. The van der Waals surface area contributed by atoms with Crippen molar-refractivity contribution in [2.75, 3.05) is 0 Å². The first-order valence-corrected chi connectivity index (χ1v) is 46.3. The fraction of sp³-hybridized carbons (Fsp3) is 0.116. The molecule has 14 heterocycles. The molecule has 14 aromatic heterocycles. The average molecular weight is 1830 g/mol. The summed E-state index contributed by atoms with van der Waals surface area (Å²) in [5, 5.41) is 0. The van der Waals surface area contributed by atoms with Gasteiger partial charge in [0.15, 0.2) is 55.0 Å². The minimum atomic E-state index is 0.690. The second kappa shape index (κ2) is 47.5. The molecular weight excluding hydrogens is 1720 g/mol. The van der Waals surface area contributed by atoms with Crippen LogP contribution in [0.4, 0.5) is 0 Å². The Balaban J connectivity index is 0.000000124. The van der Waals surface area contributed by atoms with Crippen molar-refractivity contribution in [1.82, 2.24) is 59.8 Å². The Morgan fingerprint density at radius 2 is 0.450 bits per heavy atom. The SMILES string of the molecule is Cc1ccccc1-c1cc(-c2ccccn2)cc[n+]1C.Cc1ccccc1-c1cc(-c2cccnc2)cc[n+]1C.Cc1ccccc1-c1cc(-c2ccncc2)cc[n+]1C.Cc1ccccc1-c1cc(-c2ccncn2)cc[n+]1C.Cc1ccccc1-c1cc(-c2cncnc2)cc[n+]1C.Cc1ccccc1-c1cc(-c2ncccn2)cc[n+]1C.Cc1ccccc1-c1cc(-c2ncncn2)cc[n+]1C. The predicted octanol–water partition coefficient (Wildman–Crippen LogP) is 21.8. The van der Waals surface area contributed by atoms with E-state index in [4.69, 9.17) is 0 Å². The monoisotopic (exact) mass is 1830 g/mol. The molecule has 0 saturated carbocycles. The first kappa shape index (κ1) is 96.9. The number of aromatic nitrogens is 19. The summed E-state index contributed by atoms with van der Waals surface area (Å²) in [6.07, 6.45) is 38.8. The smallest absolute Gasteiger partial charge is 0.213 e. The summed E-state index contributed by atoms with van der Waals surface area (Å²) in [5.41, 5.74) is 39.0. The highest BCUT2D eigenvalue weighted by molar-refractivity contribution is 5.76. The van der Waals surface area contributed by atoms with E-state index in [0.29, 0.717) is 5.82 Å². The van der Waals surface area contributed by atoms with Crippen molar-refractivity contribution in [3.63, 3.8) is 0 Å². The van der Waals surface area contributed by atoms with Gasteiger partial charge in [0.05, 0.1) is 11.4 Å². The van der Waals surface area contributed by atoms with Gasteiger partial charge in [-0.05, 0) is 195 Å². The van der Waals surface area contributed by atoms with Crippen molar-refractivity contribution in [1.29, 1.82) is 0 Å². The molecule has 0 radical (unpaired) electrons. The standard InChI is InChI=1S/3C18H17N2.3C17H16N3.C16H15N4/c1-14-7-3-4-8-16(14)18-13-15(10-12-20(18)2)17-9-5-6-11-19-17;1-14-6-3-4-8-17(14)18-12-15(9-11-20(18)2)16-7-5-10-19-13-16;1-14-5-3-4-6-17(14)18-13-16(9-12-20(18)2)15-7-10-19-11-8-15;1-13-6-3-4-7-15(13)16-12-14(8-11-20(16)2)17-18-9-5-10-19-17;1-13-5-3-4-6-15(13)17-11-14(8-10-20(17)2)16-7-9-18-12-19-16;1-13-5-3-4-6-16(13)17-9-14(7-8-20(17)2)15-10-18-12-19-11-15;1-12-5-3-4-6-14(12)15-9-13(7-8-20(15)2)16-18-10-17-11-19-16/h3*3-13H,1-2H3;3*3-12H,1-2H3;3-11H,1-2H3/q7*+1. The summed E-state index contributed by atoms with van der Waals surface area (Å²) in [7, 11) is 14.5. The molecule has 0 fully saturated rings. The number of hydrogen-bond donors (Lipinski definition) is 0. The van der Waals surface area contributed by atoms with Crippen LogP contribution in [-0.2, 0) is 49.3 Å². The molecule has 0 amide bonds. The van der Waals surface area contributed by atoms with Crippen LogP contribution in [0.25, 0.3) is 157 Å². The number of nitrogens with zero attached hydrogens (tertiary/aromatic N) is 19. The van der Waals surface area contributed by atoms with Gasteiger partial charge in [0.25, 0.3) is 0 Å². The van der Waals surface area contributed by atoms with Crippen LogP contribution in [0.2, 0.25) is 0 Å². The average Bonchev–Trinajstić information content (AvgIpc) is 0.836. The highest BCUT2D eigenvalue weighted by Crippen LogP contribution is 2.33. The number of pyridine rings is 10. The van der Waals surface area contributed by atoms with Gasteiger partial charge in [0, 0.05) is 219 Å². The summed E-state index contributed by atoms with van der Waals surface area (Å²) in [6.45, 7) is 14.9. The van der Waals surface area contributed by atoms with Gasteiger partial charge in [-0.15, -0.1) is 0 Å². The maximum absolute atomic E-state index is 4.43. The molecule has 19 heteroatoms. The number of hydrogen-bond acceptors (Lipinski definition) is 12. The van der Waals surface area contributed by atoms with E-state index >= 15 is 0 Å². The molecule has 7 aromatic carbocycles. The van der Waals surface area contributed by atoms with Gasteiger partial charge in [-0.1, -0.05) is 140 Å². The maximum Gasteiger partial charge on any atom is 0.213 e. The van der Waals surface area contributed by atoms with E-state index < -0.39 is 0 Å². The predicted molar refractivity (Wildman–Crippen MR) is 556 cm³/mol. The van der Waals surface area contributed by atoms with Crippen LogP contribution < -0.4 is 32.0 Å². The van der Waals surface area contributed by atoms with Crippen molar-refractivity contribution in [2.24, 2.45) is 49.3 Å². The third-order valence-corrected chi connectivity index (χ3v) is 24.3. The highest BCUT2D eigenvalue weighted by atomic mass is 15.0. The van der Waals surface area contributed by atoms with Crippen LogP contribution in [0.1, 0.15) is 38.9 Å². The second-order valence-corrected chi connectivity index (χ2v) is 34.0. The summed E-state index contributed by atoms with van der Waals surface area (Å²) in [6, 6.07) is 107. The number of rotatable bonds is 14. The first-order chi connectivity index (χ1) is 68.3. The lowest BCUT2D eigenvalue weighted by Crippen LogP contribution is -2.30. The molecule has 0 aliphatic heterocycles. The largest absolute Gasteiger partial charge is 0.265 e. The summed E-state index contributed by atoms with van der Waals surface area (Å²) in [5.74, 6) is 1.44. The molecule has 21 aromatic rings. The maximum atomic E-state index is 4.43. The minimum Gasteiger partial charge on any atom is -0.265 e. The van der Waals surface area contributed by atoms with E-state index in [1.165, 1.54) is 136 Å². The van der Waals surface area contributed by atoms with E-state index in [2.05, 4.69) is 462 Å². The van der Waals surface area contributed by atoms with Gasteiger partial charge >= 0.3 is 0 Å². The van der Waals surface area contributed by atoms with Crippen LogP contribution in [0.3, 0.4) is 0 Å². The Labute approximate surface area is 820 Å². The van der Waals surface area contributed by atoms with Gasteiger partial charge in [-0.2, -0.15) is 0 Å². The third-order valence-electron chi connectivity index (χ3n) is 24.3. The van der Waals surface area contributed by atoms with Gasteiger partial charge in [-0.3, -0.25) is 15.0 Å². The molecule has 0 aliphatic rings. The topological polar surface area (TPSA) is 182 Å².